The van der Waals surface area contributed by atoms with Crippen molar-refractivity contribution in [1.82, 2.24) is 15.0 Å². The first kappa shape index (κ1) is 16.7. The molecule has 124 valence electrons. The fourth-order valence-corrected chi connectivity index (χ4v) is 2.98. The Hall–Kier alpha value is -2.12. The molecule has 2 N–H and O–H groups in total. The number of alkyl halides is 3. The number of halogens is 3. The molecule has 0 saturated carbocycles. The Morgan fingerprint density at radius 2 is 2.12 bits per heavy atom. The van der Waals surface area contributed by atoms with Gasteiger partial charge < -0.3 is 10.3 Å². The van der Waals surface area contributed by atoms with E-state index < -0.39 is 11.7 Å². The lowest BCUT2D eigenvalue weighted by molar-refractivity contribution is -0.137. The zero-order chi connectivity index (χ0) is 17.3. The van der Waals surface area contributed by atoms with Gasteiger partial charge in [0.05, 0.1) is 16.5 Å². The van der Waals surface area contributed by atoms with Gasteiger partial charge in [-0.15, -0.1) is 0 Å². The van der Waals surface area contributed by atoms with Crippen LogP contribution in [0.15, 0.2) is 35.7 Å². The number of aromatic amines is 1. The number of fused-ring (bicyclic) bond motifs is 1. The SMILES string of the molecule is CSc1ncc(C(F)(F)F)c(Nc2c[nH]c3c(P=O)cccc23)n1. The minimum atomic E-state index is -4.58. The second-order valence-corrected chi connectivity index (χ2v) is 6.17. The van der Waals surface area contributed by atoms with Crippen molar-refractivity contribution in [2.75, 3.05) is 11.6 Å². The van der Waals surface area contributed by atoms with E-state index in [-0.39, 0.29) is 19.4 Å². The molecule has 5 nitrogen and oxygen atoms in total. The molecule has 1 aromatic carbocycles. The minimum absolute atomic E-state index is 0.176. The number of rotatable bonds is 4. The molecule has 24 heavy (non-hydrogen) atoms. The maximum atomic E-state index is 13.2. The summed E-state index contributed by atoms with van der Waals surface area (Å²) in [6.45, 7) is 0. The molecule has 0 aliphatic carbocycles. The van der Waals surface area contributed by atoms with Crippen LogP contribution in [0.5, 0.6) is 0 Å². The molecule has 0 amide bonds. The monoisotopic (exact) mass is 370 g/mol. The Bertz CT molecular complexity index is 913. The smallest absolute Gasteiger partial charge is 0.358 e. The number of hydrogen-bond donors (Lipinski definition) is 2. The third-order valence-electron chi connectivity index (χ3n) is 3.30. The third-order valence-corrected chi connectivity index (χ3v) is 4.43. The minimum Gasteiger partial charge on any atom is -0.358 e. The van der Waals surface area contributed by atoms with E-state index in [1.807, 2.05) is 0 Å². The van der Waals surface area contributed by atoms with Crippen molar-refractivity contribution < 1.29 is 17.7 Å². The predicted octanol–water partition coefficient (Wildman–Crippen LogP) is 4.36. The molecular weight excluding hydrogens is 360 g/mol. The van der Waals surface area contributed by atoms with Gasteiger partial charge >= 0.3 is 6.18 Å². The third kappa shape index (κ3) is 3.09. The number of hydrogen-bond acceptors (Lipinski definition) is 5. The molecule has 0 bridgehead atoms. The van der Waals surface area contributed by atoms with E-state index in [1.165, 1.54) is 6.20 Å². The van der Waals surface area contributed by atoms with Crippen molar-refractivity contribution in [1.29, 1.82) is 0 Å². The number of nitrogens with one attached hydrogen (secondary N) is 2. The maximum absolute atomic E-state index is 13.2. The highest BCUT2D eigenvalue weighted by Gasteiger charge is 2.35. The lowest BCUT2D eigenvalue weighted by Gasteiger charge is -2.13. The molecule has 3 aromatic rings. The zero-order valence-electron chi connectivity index (χ0n) is 12.2. The molecule has 0 unspecified atom stereocenters. The molecule has 3 rings (SSSR count). The van der Waals surface area contributed by atoms with Crippen LogP contribution >= 0.6 is 20.2 Å². The normalized spacial score (nSPS) is 12.0. The number of aromatic nitrogens is 3. The Labute approximate surface area is 140 Å². The summed E-state index contributed by atoms with van der Waals surface area (Å²) in [7, 11) is -0.176. The van der Waals surface area contributed by atoms with Crippen LogP contribution in [0.25, 0.3) is 10.9 Å². The Morgan fingerprint density at radius 3 is 2.79 bits per heavy atom. The number of benzene rings is 1. The number of anilines is 2. The summed E-state index contributed by atoms with van der Waals surface area (Å²) in [5.41, 5.74) is 0.0453. The van der Waals surface area contributed by atoms with E-state index in [2.05, 4.69) is 20.3 Å². The molecule has 10 heteroatoms. The van der Waals surface area contributed by atoms with E-state index in [4.69, 9.17) is 0 Å². The first-order valence-electron chi connectivity index (χ1n) is 6.62. The molecule has 0 aliphatic heterocycles. The summed E-state index contributed by atoms with van der Waals surface area (Å²) in [5, 5.41) is 4.07. The molecule has 0 radical (unpaired) electrons. The second kappa shape index (κ2) is 6.41. The number of thioether (sulfide) groups is 1. The van der Waals surface area contributed by atoms with Crippen molar-refractivity contribution in [2.24, 2.45) is 0 Å². The Kier molecular flexibility index (Phi) is 4.47. The molecule has 0 atom stereocenters. The molecule has 0 fully saturated rings. The van der Waals surface area contributed by atoms with Crippen molar-refractivity contribution >= 4 is 47.9 Å². The highest BCUT2D eigenvalue weighted by Crippen LogP contribution is 2.36. The predicted molar refractivity (Wildman–Crippen MR) is 87.6 cm³/mol. The number of H-pyrrole nitrogens is 1. The first-order chi connectivity index (χ1) is 11.4. The van der Waals surface area contributed by atoms with Crippen molar-refractivity contribution in [3.63, 3.8) is 0 Å². The quantitative estimate of drug-likeness (QED) is 0.406. The standard InChI is InChI=1S/C14H10F3N4OPS/c1-24-13-19-5-8(14(15,16)17)12(21-13)20-9-6-18-11-7(9)3-2-4-10(11)23-22/h2-6,18H,1H3,(H,19,20,21). The van der Waals surface area contributed by atoms with Crippen LogP contribution in [0.3, 0.4) is 0 Å². The fraction of sp³-hybridized carbons (Fsp3) is 0.143. The molecular formula is C14H10F3N4OPS. The van der Waals surface area contributed by atoms with Crippen LogP contribution in [0, 0.1) is 0 Å². The highest BCUT2D eigenvalue weighted by atomic mass is 32.2. The maximum Gasteiger partial charge on any atom is 0.421 e. The van der Waals surface area contributed by atoms with Crippen LogP contribution in [0.1, 0.15) is 5.56 Å². The molecule has 2 aromatic heterocycles. The lowest BCUT2D eigenvalue weighted by atomic mass is 10.2. The molecule has 0 aliphatic rings. The second-order valence-electron chi connectivity index (χ2n) is 4.74. The van der Waals surface area contributed by atoms with Gasteiger partial charge in [0.2, 0.25) is 0 Å². The van der Waals surface area contributed by atoms with Gasteiger partial charge in [0.15, 0.2) is 13.6 Å². The van der Waals surface area contributed by atoms with Crippen LogP contribution in [0.2, 0.25) is 0 Å². The summed E-state index contributed by atoms with van der Waals surface area (Å²) < 4.78 is 50.6. The Morgan fingerprint density at radius 1 is 1.33 bits per heavy atom. The van der Waals surface area contributed by atoms with E-state index >= 15 is 0 Å². The van der Waals surface area contributed by atoms with Gasteiger partial charge in [-0.25, -0.2) is 9.97 Å². The first-order valence-corrected chi connectivity index (χ1v) is 8.66. The van der Waals surface area contributed by atoms with Gasteiger partial charge in [-0.05, 0) is 12.3 Å². The average Bonchev–Trinajstić information content (AvgIpc) is 2.96. The van der Waals surface area contributed by atoms with Gasteiger partial charge in [0.25, 0.3) is 0 Å². The summed E-state index contributed by atoms with van der Waals surface area (Å²) in [6.07, 6.45) is -0.625. The molecule has 0 saturated heterocycles. The Balaban J connectivity index is 2.10. The largest absolute Gasteiger partial charge is 0.421 e. The van der Waals surface area contributed by atoms with Crippen LogP contribution in [-0.2, 0) is 10.7 Å². The topological polar surface area (TPSA) is 70.7 Å². The van der Waals surface area contributed by atoms with E-state index in [0.717, 1.165) is 18.0 Å². The summed E-state index contributed by atoms with van der Waals surface area (Å²) >= 11 is 1.14. The molecule has 0 spiro atoms. The summed E-state index contributed by atoms with van der Waals surface area (Å²) in [5.74, 6) is -0.326. The van der Waals surface area contributed by atoms with Gasteiger partial charge in [0.1, 0.15) is 11.4 Å². The van der Waals surface area contributed by atoms with Gasteiger partial charge in [0, 0.05) is 17.8 Å². The highest BCUT2D eigenvalue weighted by molar-refractivity contribution is 7.98. The van der Waals surface area contributed by atoms with Gasteiger partial charge in [-0.2, -0.15) is 13.2 Å². The van der Waals surface area contributed by atoms with Crippen molar-refractivity contribution in [3.05, 3.63) is 36.2 Å². The number of para-hydroxylation sites is 1. The summed E-state index contributed by atoms with van der Waals surface area (Å²) in [4.78, 5) is 10.5. The van der Waals surface area contributed by atoms with Crippen molar-refractivity contribution in [3.8, 4) is 0 Å². The van der Waals surface area contributed by atoms with Crippen LogP contribution in [0.4, 0.5) is 24.7 Å². The van der Waals surface area contributed by atoms with Gasteiger partial charge in [-0.3, -0.25) is 4.57 Å². The van der Waals surface area contributed by atoms with E-state index in [0.29, 0.717) is 21.9 Å². The van der Waals surface area contributed by atoms with Crippen LogP contribution < -0.4 is 10.6 Å². The van der Waals surface area contributed by atoms with E-state index in [1.54, 1.807) is 24.5 Å². The fourth-order valence-electron chi connectivity index (χ4n) is 2.21. The van der Waals surface area contributed by atoms with Crippen LogP contribution in [-0.4, -0.2) is 21.2 Å². The summed E-state index contributed by atoms with van der Waals surface area (Å²) in [6, 6.07) is 5.06. The average molecular weight is 370 g/mol. The van der Waals surface area contributed by atoms with E-state index in [9.17, 15) is 17.7 Å². The molecule has 2 heterocycles. The van der Waals surface area contributed by atoms with Gasteiger partial charge in [-0.1, -0.05) is 23.9 Å². The zero-order valence-corrected chi connectivity index (χ0v) is 13.9. The lowest BCUT2D eigenvalue weighted by Crippen LogP contribution is -2.11. The number of nitrogens with zero attached hydrogens (tertiary/aromatic N) is 2. The van der Waals surface area contributed by atoms with Crippen molar-refractivity contribution in [2.45, 2.75) is 11.3 Å².